The summed E-state index contributed by atoms with van der Waals surface area (Å²) in [5.74, 6) is 1.09. The van der Waals surface area contributed by atoms with Crippen molar-refractivity contribution in [1.82, 2.24) is 10.2 Å². The molecule has 2 aliphatic heterocycles. The fourth-order valence-corrected chi connectivity index (χ4v) is 3.12. The highest BCUT2D eigenvalue weighted by atomic mass is 16.5. The second-order valence-electron chi connectivity index (χ2n) is 6.16. The molecule has 1 fully saturated rings. The van der Waals surface area contributed by atoms with E-state index in [-0.39, 0.29) is 0 Å². The van der Waals surface area contributed by atoms with Crippen LogP contribution < -0.4 is 10.1 Å². The standard InChI is InChI=1S/C16H24N2O/c1-16(17-2)7-9-18(10-8-16)12-14-11-13-5-3-4-6-15(13)19-14/h3-6,14,17H,7-12H2,1-2H3. The Kier molecular flexibility index (Phi) is 3.50. The number of fused-ring (bicyclic) bond motifs is 1. The van der Waals surface area contributed by atoms with E-state index in [4.69, 9.17) is 4.74 Å². The lowest BCUT2D eigenvalue weighted by Crippen LogP contribution is -2.51. The maximum Gasteiger partial charge on any atom is 0.123 e. The zero-order chi connectivity index (χ0) is 13.3. The summed E-state index contributed by atoms with van der Waals surface area (Å²) in [5.41, 5.74) is 1.69. The van der Waals surface area contributed by atoms with Crippen LogP contribution in [0.25, 0.3) is 0 Å². The van der Waals surface area contributed by atoms with Crippen molar-refractivity contribution in [3.05, 3.63) is 29.8 Å². The van der Waals surface area contributed by atoms with Crippen LogP contribution in [-0.4, -0.2) is 43.2 Å². The molecule has 2 heterocycles. The number of nitrogens with zero attached hydrogens (tertiary/aromatic N) is 1. The van der Waals surface area contributed by atoms with Gasteiger partial charge in [0.15, 0.2) is 0 Å². The average molecular weight is 260 g/mol. The van der Waals surface area contributed by atoms with Crippen LogP contribution in [0.1, 0.15) is 25.3 Å². The summed E-state index contributed by atoms with van der Waals surface area (Å²) in [6.07, 6.45) is 3.86. The highest BCUT2D eigenvalue weighted by molar-refractivity contribution is 5.37. The first-order valence-corrected chi connectivity index (χ1v) is 7.34. The number of rotatable bonds is 3. The van der Waals surface area contributed by atoms with Gasteiger partial charge in [-0.05, 0) is 38.4 Å². The average Bonchev–Trinajstić information content (AvgIpc) is 2.84. The van der Waals surface area contributed by atoms with Crippen molar-refractivity contribution in [2.45, 2.75) is 37.8 Å². The minimum absolute atomic E-state index is 0.329. The summed E-state index contributed by atoms with van der Waals surface area (Å²) in [6.45, 7) is 5.74. The highest BCUT2D eigenvalue weighted by Gasteiger charge is 2.31. The van der Waals surface area contributed by atoms with Gasteiger partial charge < -0.3 is 10.1 Å². The smallest absolute Gasteiger partial charge is 0.123 e. The third-order valence-electron chi connectivity index (χ3n) is 4.74. The zero-order valence-electron chi connectivity index (χ0n) is 12.0. The Balaban J connectivity index is 1.52. The van der Waals surface area contributed by atoms with Gasteiger partial charge in [-0.3, -0.25) is 4.90 Å². The number of piperidine rings is 1. The molecule has 0 saturated carbocycles. The number of hydrogen-bond acceptors (Lipinski definition) is 3. The summed E-state index contributed by atoms with van der Waals surface area (Å²) < 4.78 is 6.03. The van der Waals surface area contributed by atoms with E-state index >= 15 is 0 Å². The molecule has 0 radical (unpaired) electrons. The number of para-hydroxylation sites is 1. The van der Waals surface area contributed by atoms with Gasteiger partial charge in [0.05, 0.1) is 0 Å². The predicted octanol–water partition coefficient (Wildman–Crippen LogP) is 2.06. The first kappa shape index (κ1) is 12.9. The fraction of sp³-hybridized carbons (Fsp3) is 0.625. The first-order valence-electron chi connectivity index (χ1n) is 7.34. The van der Waals surface area contributed by atoms with Crippen LogP contribution in [0, 0.1) is 0 Å². The summed E-state index contributed by atoms with van der Waals surface area (Å²) in [5, 5.41) is 3.45. The summed E-state index contributed by atoms with van der Waals surface area (Å²) >= 11 is 0. The molecule has 0 bridgehead atoms. The molecular formula is C16H24N2O. The van der Waals surface area contributed by atoms with Gasteiger partial charge in [0.25, 0.3) is 0 Å². The second-order valence-corrected chi connectivity index (χ2v) is 6.16. The molecular weight excluding hydrogens is 236 g/mol. The maximum atomic E-state index is 6.03. The SMILES string of the molecule is CNC1(C)CCN(CC2Cc3ccccc3O2)CC1. The van der Waals surface area contributed by atoms with Gasteiger partial charge in [-0.15, -0.1) is 0 Å². The Morgan fingerprint density at radius 2 is 2.05 bits per heavy atom. The molecule has 0 amide bonds. The van der Waals surface area contributed by atoms with Crippen molar-refractivity contribution >= 4 is 0 Å². The third kappa shape index (κ3) is 2.77. The summed E-state index contributed by atoms with van der Waals surface area (Å²) in [7, 11) is 2.08. The predicted molar refractivity (Wildman–Crippen MR) is 77.7 cm³/mol. The van der Waals surface area contributed by atoms with Crippen molar-refractivity contribution in [2.75, 3.05) is 26.7 Å². The minimum Gasteiger partial charge on any atom is -0.488 e. The number of ether oxygens (including phenoxy) is 1. The Hall–Kier alpha value is -1.06. The quantitative estimate of drug-likeness (QED) is 0.900. The van der Waals surface area contributed by atoms with E-state index in [0.717, 1.165) is 18.7 Å². The molecule has 104 valence electrons. The molecule has 1 N–H and O–H groups in total. The zero-order valence-corrected chi connectivity index (χ0v) is 12.0. The molecule has 3 rings (SSSR count). The van der Waals surface area contributed by atoms with E-state index in [1.165, 1.54) is 31.5 Å². The molecule has 0 aliphatic carbocycles. The number of nitrogens with one attached hydrogen (secondary N) is 1. The number of likely N-dealkylation sites (tertiary alicyclic amines) is 1. The van der Waals surface area contributed by atoms with Crippen molar-refractivity contribution in [2.24, 2.45) is 0 Å². The largest absolute Gasteiger partial charge is 0.488 e. The highest BCUT2D eigenvalue weighted by Crippen LogP contribution is 2.29. The van der Waals surface area contributed by atoms with Crippen LogP contribution in [0.4, 0.5) is 0 Å². The van der Waals surface area contributed by atoms with Gasteiger partial charge in [0, 0.05) is 31.6 Å². The van der Waals surface area contributed by atoms with Crippen LogP contribution in [0.15, 0.2) is 24.3 Å². The second kappa shape index (κ2) is 5.14. The molecule has 2 aliphatic rings. The minimum atomic E-state index is 0.329. The van der Waals surface area contributed by atoms with Gasteiger partial charge in [0.1, 0.15) is 11.9 Å². The van der Waals surface area contributed by atoms with Crippen LogP contribution >= 0.6 is 0 Å². The van der Waals surface area contributed by atoms with Crippen LogP contribution in [0.5, 0.6) is 5.75 Å². The van der Waals surface area contributed by atoms with E-state index < -0.39 is 0 Å². The Morgan fingerprint density at radius 3 is 2.74 bits per heavy atom. The molecule has 3 heteroatoms. The number of hydrogen-bond donors (Lipinski definition) is 1. The monoisotopic (exact) mass is 260 g/mol. The molecule has 1 unspecified atom stereocenters. The lowest BCUT2D eigenvalue weighted by Gasteiger charge is -2.39. The van der Waals surface area contributed by atoms with Crippen molar-refractivity contribution in [1.29, 1.82) is 0 Å². The molecule has 0 spiro atoms. The molecule has 1 saturated heterocycles. The molecule has 19 heavy (non-hydrogen) atoms. The Labute approximate surface area is 115 Å². The normalized spacial score (nSPS) is 25.9. The first-order chi connectivity index (χ1) is 9.18. The van der Waals surface area contributed by atoms with E-state index in [1.807, 2.05) is 0 Å². The van der Waals surface area contributed by atoms with E-state index in [0.29, 0.717) is 11.6 Å². The number of benzene rings is 1. The van der Waals surface area contributed by atoms with Crippen molar-refractivity contribution < 1.29 is 4.74 Å². The third-order valence-corrected chi connectivity index (χ3v) is 4.74. The maximum absolute atomic E-state index is 6.03. The molecule has 1 aromatic carbocycles. The van der Waals surface area contributed by atoms with Gasteiger partial charge in [-0.2, -0.15) is 0 Å². The van der Waals surface area contributed by atoms with E-state index in [1.54, 1.807) is 0 Å². The lowest BCUT2D eigenvalue weighted by molar-refractivity contribution is 0.102. The van der Waals surface area contributed by atoms with Crippen LogP contribution in [0.2, 0.25) is 0 Å². The van der Waals surface area contributed by atoms with Crippen molar-refractivity contribution in [3.8, 4) is 5.75 Å². The fourth-order valence-electron chi connectivity index (χ4n) is 3.12. The molecule has 0 aromatic heterocycles. The molecule has 1 aromatic rings. The van der Waals surface area contributed by atoms with Gasteiger partial charge in [0.2, 0.25) is 0 Å². The van der Waals surface area contributed by atoms with E-state index in [2.05, 4.69) is 48.5 Å². The van der Waals surface area contributed by atoms with Crippen LogP contribution in [0.3, 0.4) is 0 Å². The van der Waals surface area contributed by atoms with Crippen LogP contribution in [-0.2, 0) is 6.42 Å². The van der Waals surface area contributed by atoms with Gasteiger partial charge in [-0.1, -0.05) is 18.2 Å². The molecule has 3 nitrogen and oxygen atoms in total. The van der Waals surface area contributed by atoms with Gasteiger partial charge >= 0.3 is 0 Å². The van der Waals surface area contributed by atoms with E-state index in [9.17, 15) is 0 Å². The topological polar surface area (TPSA) is 24.5 Å². The van der Waals surface area contributed by atoms with Gasteiger partial charge in [-0.25, -0.2) is 0 Å². The summed E-state index contributed by atoms with van der Waals surface area (Å²) in [6, 6.07) is 8.43. The Bertz CT molecular complexity index is 413. The Morgan fingerprint density at radius 1 is 1.32 bits per heavy atom. The summed E-state index contributed by atoms with van der Waals surface area (Å²) in [4.78, 5) is 2.55. The molecule has 1 atom stereocenters. The lowest BCUT2D eigenvalue weighted by atomic mass is 9.90. The van der Waals surface area contributed by atoms with Crippen molar-refractivity contribution in [3.63, 3.8) is 0 Å².